The molecular formula is C19H33N. The molecule has 0 fully saturated rings. The van der Waals surface area contributed by atoms with Gasteiger partial charge in [-0.3, -0.25) is 0 Å². The molecule has 0 saturated heterocycles. The van der Waals surface area contributed by atoms with E-state index in [1.54, 1.807) is 0 Å². The van der Waals surface area contributed by atoms with Crippen molar-refractivity contribution in [1.29, 1.82) is 0 Å². The Balaban J connectivity index is 2.84. The fraction of sp³-hybridized carbons (Fsp3) is 0.684. The van der Waals surface area contributed by atoms with Crippen LogP contribution >= 0.6 is 0 Å². The lowest BCUT2D eigenvalue weighted by Crippen LogP contribution is -2.26. The Morgan fingerprint density at radius 1 is 1.00 bits per heavy atom. The lowest BCUT2D eigenvalue weighted by Gasteiger charge is -2.27. The second-order valence-electron chi connectivity index (χ2n) is 7.25. The van der Waals surface area contributed by atoms with Crippen LogP contribution in [0.25, 0.3) is 0 Å². The Hall–Kier alpha value is -0.820. The van der Waals surface area contributed by atoms with E-state index in [0.29, 0.717) is 17.4 Å². The van der Waals surface area contributed by atoms with Crippen LogP contribution in [0, 0.1) is 5.41 Å². The molecule has 20 heavy (non-hydrogen) atoms. The van der Waals surface area contributed by atoms with Gasteiger partial charge in [0.2, 0.25) is 0 Å². The summed E-state index contributed by atoms with van der Waals surface area (Å²) in [5.74, 6) is 0.661. The average molecular weight is 275 g/mol. The molecule has 0 amide bonds. The van der Waals surface area contributed by atoms with Crippen molar-refractivity contribution in [3.63, 3.8) is 0 Å². The van der Waals surface area contributed by atoms with Crippen LogP contribution in [0.2, 0.25) is 0 Å². The van der Waals surface area contributed by atoms with Crippen molar-refractivity contribution in [2.24, 2.45) is 5.41 Å². The van der Waals surface area contributed by atoms with Crippen molar-refractivity contribution in [1.82, 2.24) is 5.32 Å². The van der Waals surface area contributed by atoms with Crippen molar-refractivity contribution >= 4 is 0 Å². The molecule has 1 aromatic carbocycles. The van der Waals surface area contributed by atoms with Crippen molar-refractivity contribution in [3.05, 3.63) is 35.4 Å². The van der Waals surface area contributed by atoms with Gasteiger partial charge < -0.3 is 5.32 Å². The molecule has 0 aliphatic carbocycles. The summed E-state index contributed by atoms with van der Waals surface area (Å²) in [5.41, 5.74) is 3.24. The summed E-state index contributed by atoms with van der Waals surface area (Å²) in [6, 6.07) is 9.74. The van der Waals surface area contributed by atoms with Crippen molar-refractivity contribution in [2.75, 3.05) is 6.54 Å². The van der Waals surface area contributed by atoms with Gasteiger partial charge in [-0.2, -0.15) is 0 Å². The average Bonchev–Trinajstić information content (AvgIpc) is 2.41. The third-order valence-electron chi connectivity index (χ3n) is 3.98. The Morgan fingerprint density at radius 3 is 2.00 bits per heavy atom. The molecule has 0 aromatic heterocycles. The van der Waals surface area contributed by atoms with Crippen LogP contribution < -0.4 is 5.32 Å². The first-order chi connectivity index (χ1) is 9.37. The maximum absolute atomic E-state index is 3.70. The second kappa shape index (κ2) is 7.83. The van der Waals surface area contributed by atoms with Crippen LogP contribution in [0.15, 0.2) is 24.3 Å². The van der Waals surface area contributed by atoms with Gasteiger partial charge in [0.1, 0.15) is 0 Å². The second-order valence-corrected chi connectivity index (χ2v) is 7.25. The third-order valence-corrected chi connectivity index (χ3v) is 3.98. The van der Waals surface area contributed by atoms with Gasteiger partial charge in [-0.15, -0.1) is 0 Å². The van der Waals surface area contributed by atoms with E-state index in [4.69, 9.17) is 0 Å². The molecular weight excluding hydrogens is 242 g/mol. The third kappa shape index (κ3) is 5.66. The number of nitrogens with one attached hydrogen (secondary N) is 1. The van der Waals surface area contributed by atoms with Gasteiger partial charge in [-0.05, 0) is 48.3 Å². The molecule has 1 heteroatoms. The highest BCUT2D eigenvalue weighted by molar-refractivity contribution is 5.27. The Morgan fingerprint density at radius 2 is 1.55 bits per heavy atom. The molecule has 1 rings (SSSR count). The Bertz CT molecular complexity index is 372. The number of hydrogen-bond donors (Lipinski definition) is 1. The van der Waals surface area contributed by atoms with Crippen LogP contribution in [-0.2, 0) is 0 Å². The molecule has 2 unspecified atom stereocenters. The maximum atomic E-state index is 3.70. The van der Waals surface area contributed by atoms with E-state index in [9.17, 15) is 0 Å². The molecule has 0 heterocycles. The summed E-state index contributed by atoms with van der Waals surface area (Å²) in [4.78, 5) is 0. The van der Waals surface area contributed by atoms with Gasteiger partial charge in [-0.25, -0.2) is 0 Å². The smallest absolute Gasteiger partial charge is 0.0325 e. The minimum atomic E-state index is 0.348. The molecule has 0 aliphatic heterocycles. The van der Waals surface area contributed by atoms with Crippen molar-refractivity contribution in [2.45, 2.75) is 72.8 Å². The molecule has 0 aliphatic rings. The van der Waals surface area contributed by atoms with Crippen molar-refractivity contribution < 1.29 is 0 Å². The van der Waals surface area contributed by atoms with E-state index in [-0.39, 0.29) is 0 Å². The molecule has 0 bridgehead atoms. The fourth-order valence-electron chi connectivity index (χ4n) is 2.53. The van der Waals surface area contributed by atoms with E-state index < -0.39 is 0 Å². The Labute approximate surface area is 126 Å². The lowest BCUT2D eigenvalue weighted by atomic mass is 9.85. The number of hydrogen-bond acceptors (Lipinski definition) is 1. The first kappa shape index (κ1) is 17.2. The van der Waals surface area contributed by atoms with Crippen LogP contribution in [-0.4, -0.2) is 6.54 Å². The minimum Gasteiger partial charge on any atom is -0.310 e. The van der Waals surface area contributed by atoms with Gasteiger partial charge >= 0.3 is 0 Å². The first-order valence-electron chi connectivity index (χ1n) is 8.20. The zero-order valence-corrected chi connectivity index (χ0v) is 14.3. The molecule has 0 spiro atoms. The molecule has 0 radical (unpaired) electrons. The van der Waals surface area contributed by atoms with Gasteiger partial charge in [-0.1, -0.05) is 65.8 Å². The SMILES string of the molecule is CCCNC(CC(C)(C)C)c1ccc(C(C)CC)cc1. The molecule has 1 N–H and O–H groups in total. The molecule has 1 nitrogen and oxygen atoms in total. The summed E-state index contributed by atoms with van der Waals surface area (Å²) in [7, 11) is 0. The van der Waals surface area contributed by atoms with Gasteiger partial charge in [0.25, 0.3) is 0 Å². The van der Waals surface area contributed by atoms with Gasteiger partial charge in [0, 0.05) is 6.04 Å². The normalized spacial score (nSPS) is 15.1. The topological polar surface area (TPSA) is 12.0 Å². The van der Waals surface area contributed by atoms with Crippen molar-refractivity contribution in [3.8, 4) is 0 Å². The summed E-state index contributed by atoms with van der Waals surface area (Å²) in [5, 5.41) is 3.70. The monoisotopic (exact) mass is 275 g/mol. The van der Waals surface area contributed by atoms with E-state index in [2.05, 4.69) is 71.1 Å². The number of rotatable bonds is 7. The predicted octanol–water partition coefficient (Wildman–Crippen LogP) is 5.68. The summed E-state index contributed by atoms with van der Waals surface area (Å²) < 4.78 is 0. The standard InChI is InChI=1S/C19H33N/c1-7-13-20-18(14-19(4,5)6)17-11-9-16(10-12-17)15(3)8-2/h9-12,15,18,20H,7-8,13-14H2,1-6H3. The van der Waals surface area contributed by atoms with E-state index in [0.717, 1.165) is 6.54 Å². The van der Waals surface area contributed by atoms with E-state index in [1.807, 2.05) is 0 Å². The van der Waals surface area contributed by atoms with Crippen LogP contribution in [0.5, 0.6) is 0 Å². The zero-order valence-electron chi connectivity index (χ0n) is 14.3. The van der Waals surface area contributed by atoms with E-state index >= 15 is 0 Å². The molecule has 2 atom stereocenters. The lowest BCUT2D eigenvalue weighted by molar-refractivity contribution is 0.311. The molecule has 1 aromatic rings. The highest BCUT2D eigenvalue weighted by Crippen LogP contribution is 2.30. The minimum absolute atomic E-state index is 0.348. The quantitative estimate of drug-likeness (QED) is 0.675. The number of benzene rings is 1. The highest BCUT2D eigenvalue weighted by Gasteiger charge is 2.19. The summed E-state index contributed by atoms with van der Waals surface area (Å²) in [6.07, 6.45) is 3.57. The first-order valence-corrected chi connectivity index (χ1v) is 8.20. The van der Waals surface area contributed by atoms with Gasteiger partial charge in [0.15, 0.2) is 0 Å². The summed E-state index contributed by atoms with van der Waals surface area (Å²) in [6.45, 7) is 14.8. The summed E-state index contributed by atoms with van der Waals surface area (Å²) >= 11 is 0. The fourth-order valence-corrected chi connectivity index (χ4v) is 2.53. The van der Waals surface area contributed by atoms with Gasteiger partial charge in [0.05, 0.1) is 0 Å². The van der Waals surface area contributed by atoms with E-state index in [1.165, 1.54) is 30.4 Å². The predicted molar refractivity (Wildman–Crippen MR) is 90.3 cm³/mol. The molecule has 114 valence electrons. The van der Waals surface area contributed by atoms with Crippen LogP contribution in [0.3, 0.4) is 0 Å². The zero-order chi connectivity index (χ0) is 15.2. The highest BCUT2D eigenvalue weighted by atomic mass is 14.9. The van der Waals surface area contributed by atoms with Crippen LogP contribution in [0.1, 0.15) is 83.9 Å². The largest absolute Gasteiger partial charge is 0.310 e. The Kier molecular flexibility index (Phi) is 6.75. The van der Waals surface area contributed by atoms with Crippen LogP contribution in [0.4, 0.5) is 0 Å². The molecule has 0 saturated carbocycles. The maximum Gasteiger partial charge on any atom is 0.0325 e.